The van der Waals surface area contributed by atoms with Crippen molar-refractivity contribution in [3.05, 3.63) is 18.0 Å². The highest BCUT2D eigenvalue weighted by Gasteiger charge is 2.32. The molecule has 2 fully saturated rings. The molecule has 0 spiro atoms. The molecule has 1 aliphatic carbocycles. The summed E-state index contributed by atoms with van der Waals surface area (Å²) in [5, 5.41) is 4.23. The van der Waals surface area contributed by atoms with Gasteiger partial charge in [-0.3, -0.25) is 9.48 Å². The van der Waals surface area contributed by atoms with Gasteiger partial charge in [-0.2, -0.15) is 16.9 Å². The Morgan fingerprint density at radius 3 is 3.06 bits per heavy atom. The molecule has 1 aromatic heterocycles. The van der Waals surface area contributed by atoms with Gasteiger partial charge < -0.3 is 4.90 Å². The number of carbonyl (C=O) groups excluding carboxylic acids is 1. The number of hydrogen-bond donors (Lipinski definition) is 0. The number of aryl methyl sites for hydroxylation is 1. The van der Waals surface area contributed by atoms with Gasteiger partial charge in [-0.25, -0.2) is 0 Å². The minimum Gasteiger partial charge on any atom is -0.334 e. The van der Waals surface area contributed by atoms with Crippen LogP contribution < -0.4 is 0 Å². The van der Waals surface area contributed by atoms with Gasteiger partial charge in [0.2, 0.25) is 5.91 Å². The monoisotopic (exact) mass is 265 g/mol. The van der Waals surface area contributed by atoms with E-state index in [9.17, 15) is 4.79 Å². The molecular formula is C13H19N3OS. The van der Waals surface area contributed by atoms with Gasteiger partial charge in [0, 0.05) is 43.3 Å². The lowest BCUT2D eigenvalue weighted by Crippen LogP contribution is -2.40. The third-order valence-electron chi connectivity index (χ3n) is 3.72. The quantitative estimate of drug-likeness (QED) is 0.837. The van der Waals surface area contributed by atoms with E-state index in [2.05, 4.69) is 10.00 Å². The third-order valence-corrected chi connectivity index (χ3v) is 4.74. The van der Waals surface area contributed by atoms with Gasteiger partial charge >= 0.3 is 0 Å². The number of carbonyl (C=O) groups is 1. The number of nitrogens with zero attached hydrogens (tertiary/aromatic N) is 3. The smallest absolute Gasteiger partial charge is 0.223 e. The fourth-order valence-corrected chi connectivity index (χ4v) is 3.56. The summed E-state index contributed by atoms with van der Waals surface area (Å²) in [7, 11) is 1.93. The molecule has 0 N–H and O–H groups in total. The largest absolute Gasteiger partial charge is 0.334 e. The first-order valence-electron chi connectivity index (χ1n) is 6.60. The summed E-state index contributed by atoms with van der Waals surface area (Å²) in [5.74, 6) is 3.07. The van der Waals surface area contributed by atoms with Crippen LogP contribution >= 0.6 is 11.8 Å². The average Bonchev–Trinajstić information content (AvgIpc) is 3.08. The van der Waals surface area contributed by atoms with Crippen molar-refractivity contribution in [2.75, 3.05) is 18.1 Å². The van der Waals surface area contributed by atoms with E-state index in [4.69, 9.17) is 0 Å². The minimum atomic E-state index is 0.226. The van der Waals surface area contributed by atoms with E-state index in [0.29, 0.717) is 11.8 Å². The number of thioether (sulfide) groups is 1. The van der Waals surface area contributed by atoms with Gasteiger partial charge in [0.15, 0.2) is 0 Å². The van der Waals surface area contributed by atoms with Gasteiger partial charge in [-0.15, -0.1) is 0 Å². The highest BCUT2D eigenvalue weighted by atomic mass is 32.2. The highest BCUT2D eigenvalue weighted by molar-refractivity contribution is 7.99. The molecule has 4 nitrogen and oxygen atoms in total. The summed E-state index contributed by atoms with van der Waals surface area (Å²) in [4.78, 5) is 14.4. The van der Waals surface area contributed by atoms with E-state index in [1.807, 2.05) is 35.9 Å². The Morgan fingerprint density at radius 1 is 1.56 bits per heavy atom. The Hall–Kier alpha value is -0.970. The van der Waals surface area contributed by atoms with Crippen molar-refractivity contribution in [1.29, 1.82) is 0 Å². The molecule has 98 valence electrons. The Morgan fingerprint density at radius 2 is 2.39 bits per heavy atom. The fraction of sp³-hybridized carbons (Fsp3) is 0.692. The number of hydrogen-bond acceptors (Lipinski definition) is 3. The molecule has 3 rings (SSSR count). The lowest BCUT2D eigenvalue weighted by atomic mass is 10.1. The maximum atomic E-state index is 12.3. The minimum absolute atomic E-state index is 0.226. The Balaban J connectivity index is 1.74. The second-order valence-electron chi connectivity index (χ2n) is 5.27. The zero-order valence-electron chi connectivity index (χ0n) is 10.7. The number of amides is 1. The van der Waals surface area contributed by atoms with E-state index in [1.165, 1.54) is 18.4 Å². The van der Waals surface area contributed by atoms with Gasteiger partial charge in [0.05, 0.1) is 12.2 Å². The van der Waals surface area contributed by atoms with Crippen LogP contribution in [0.2, 0.25) is 0 Å². The van der Waals surface area contributed by atoms with Crippen molar-refractivity contribution in [2.45, 2.75) is 25.3 Å². The zero-order chi connectivity index (χ0) is 12.5. The predicted octanol–water partition coefficient (Wildman–Crippen LogP) is 1.84. The van der Waals surface area contributed by atoms with Gasteiger partial charge in [0.25, 0.3) is 0 Å². The zero-order valence-corrected chi connectivity index (χ0v) is 11.5. The van der Waals surface area contributed by atoms with Crippen LogP contribution in [0.15, 0.2) is 12.4 Å². The molecule has 5 heteroatoms. The highest BCUT2D eigenvalue weighted by Crippen LogP contribution is 2.36. The fourth-order valence-electron chi connectivity index (χ4n) is 2.48. The van der Waals surface area contributed by atoms with Crippen LogP contribution in [0, 0.1) is 5.92 Å². The van der Waals surface area contributed by atoms with E-state index < -0.39 is 0 Å². The van der Waals surface area contributed by atoms with Crippen LogP contribution in [0.1, 0.15) is 30.9 Å². The van der Waals surface area contributed by atoms with Crippen LogP contribution in [-0.4, -0.2) is 38.6 Å². The standard InChI is InChI=1S/C13H19N3OS/c1-15-8-11(7-14-15)12-9-18-5-4-16(12)13(17)6-10-2-3-10/h7-8,10,12H,2-6,9H2,1H3/t12-/m1/s1. The Labute approximate surface area is 112 Å². The van der Waals surface area contributed by atoms with Gasteiger partial charge in [0.1, 0.15) is 0 Å². The molecular weight excluding hydrogens is 246 g/mol. The molecule has 1 aromatic rings. The Kier molecular flexibility index (Phi) is 3.33. The third kappa shape index (κ3) is 2.55. The first-order valence-corrected chi connectivity index (χ1v) is 7.75. The molecule has 0 bridgehead atoms. The summed E-state index contributed by atoms with van der Waals surface area (Å²) in [5.41, 5.74) is 1.17. The lowest BCUT2D eigenvalue weighted by molar-refractivity contribution is -0.133. The Bertz CT molecular complexity index is 441. The van der Waals surface area contributed by atoms with Crippen molar-refractivity contribution in [2.24, 2.45) is 13.0 Å². The van der Waals surface area contributed by atoms with E-state index in [-0.39, 0.29) is 6.04 Å². The van der Waals surface area contributed by atoms with Crippen molar-refractivity contribution in [3.63, 3.8) is 0 Å². The molecule has 18 heavy (non-hydrogen) atoms. The predicted molar refractivity (Wildman–Crippen MR) is 72.3 cm³/mol. The molecule has 1 aliphatic heterocycles. The number of aromatic nitrogens is 2. The van der Waals surface area contributed by atoms with Gasteiger partial charge in [-0.1, -0.05) is 0 Å². The molecule has 0 unspecified atom stereocenters. The lowest BCUT2D eigenvalue weighted by Gasteiger charge is -2.35. The van der Waals surface area contributed by atoms with Crippen molar-refractivity contribution < 1.29 is 4.79 Å². The summed E-state index contributed by atoms with van der Waals surface area (Å²) in [6.07, 6.45) is 7.17. The van der Waals surface area contributed by atoms with E-state index in [0.717, 1.165) is 24.5 Å². The van der Waals surface area contributed by atoms with Crippen molar-refractivity contribution in [1.82, 2.24) is 14.7 Å². The molecule has 0 radical (unpaired) electrons. The van der Waals surface area contributed by atoms with Gasteiger partial charge in [-0.05, 0) is 18.8 Å². The first kappa shape index (κ1) is 12.1. The maximum absolute atomic E-state index is 12.3. The first-order chi connectivity index (χ1) is 8.74. The summed E-state index contributed by atoms with van der Waals surface area (Å²) < 4.78 is 1.82. The normalized spacial score (nSPS) is 24.3. The van der Waals surface area contributed by atoms with Crippen LogP contribution in [0.4, 0.5) is 0 Å². The molecule has 1 saturated carbocycles. The molecule has 1 amide bonds. The van der Waals surface area contributed by atoms with Crippen LogP contribution in [0.3, 0.4) is 0 Å². The second kappa shape index (κ2) is 4.96. The summed E-state index contributed by atoms with van der Waals surface area (Å²) in [6.45, 7) is 0.885. The molecule has 1 saturated heterocycles. The number of rotatable bonds is 3. The van der Waals surface area contributed by atoms with Crippen LogP contribution in [0.25, 0.3) is 0 Å². The second-order valence-corrected chi connectivity index (χ2v) is 6.42. The van der Waals surface area contributed by atoms with E-state index in [1.54, 1.807) is 0 Å². The van der Waals surface area contributed by atoms with E-state index >= 15 is 0 Å². The van der Waals surface area contributed by atoms with Crippen LogP contribution in [0.5, 0.6) is 0 Å². The molecule has 2 aliphatic rings. The summed E-state index contributed by atoms with van der Waals surface area (Å²) >= 11 is 1.93. The molecule has 0 aromatic carbocycles. The van der Waals surface area contributed by atoms with Crippen LogP contribution in [-0.2, 0) is 11.8 Å². The van der Waals surface area contributed by atoms with Crippen molar-refractivity contribution in [3.8, 4) is 0 Å². The topological polar surface area (TPSA) is 38.1 Å². The molecule has 1 atom stereocenters. The average molecular weight is 265 g/mol. The SMILES string of the molecule is Cn1cc([C@H]2CSCCN2C(=O)CC2CC2)cn1. The van der Waals surface area contributed by atoms with Crippen molar-refractivity contribution >= 4 is 17.7 Å². The summed E-state index contributed by atoms with van der Waals surface area (Å²) in [6, 6.07) is 0.226. The maximum Gasteiger partial charge on any atom is 0.223 e. The molecule has 2 heterocycles.